The van der Waals surface area contributed by atoms with E-state index < -0.39 is 5.97 Å². The summed E-state index contributed by atoms with van der Waals surface area (Å²) in [5.74, 6) is -0.613. The lowest BCUT2D eigenvalue weighted by atomic mass is 10.0. The molecule has 0 spiro atoms. The third-order valence-corrected chi connectivity index (χ3v) is 2.08. The smallest absolute Gasteiger partial charge is 0.331 e. The van der Waals surface area contributed by atoms with Crippen molar-refractivity contribution in [1.29, 1.82) is 0 Å². The maximum atomic E-state index is 10.5. The van der Waals surface area contributed by atoms with Gasteiger partial charge in [-0.3, -0.25) is 0 Å². The molecule has 0 aromatic carbocycles. The van der Waals surface area contributed by atoms with E-state index in [1.165, 1.54) is 0 Å². The predicted octanol–water partition coefficient (Wildman–Crippen LogP) is 0.416. The Balaban J connectivity index is 2.25. The highest BCUT2D eigenvalue weighted by molar-refractivity contribution is 5.88. The van der Waals surface area contributed by atoms with Crippen molar-refractivity contribution in [2.45, 2.75) is 12.5 Å². The van der Waals surface area contributed by atoms with Gasteiger partial charge in [0, 0.05) is 11.5 Å². The monoisotopic (exact) mass is 140 g/mol. The fraction of sp³-hybridized carbons (Fsp3) is 0.571. The first-order valence-corrected chi connectivity index (χ1v) is 3.34. The lowest BCUT2D eigenvalue weighted by Gasteiger charge is -2.07. The summed E-state index contributed by atoms with van der Waals surface area (Å²) in [4.78, 5) is 10.5. The molecule has 1 aliphatic heterocycles. The molecule has 1 heterocycles. The van der Waals surface area contributed by atoms with Gasteiger partial charge in [-0.2, -0.15) is 0 Å². The van der Waals surface area contributed by atoms with Crippen LogP contribution in [0.5, 0.6) is 0 Å². The number of fused-ring (bicyclic) bond motifs is 2. The van der Waals surface area contributed by atoms with Gasteiger partial charge in [0.2, 0.25) is 0 Å². The van der Waals surface area contributed by atoms with Crippen LogP contribution in [0.3, 0.4) is 0 Å². The van der Waals surface area contributed by atoms with Gasteiger partial charge in [0.15, 0.2) is 0 Å². The van der Waals surface area contributed by atoms with Crippen molar-refractivity contribution in [3.8, 4) is 0 Å². The van der Waals surface area contributed by atoms with E-state index in [0.29, 0.717) is 12.2 Å². The molecule has 10 heavy (non-hydrogen) atoms. The van der Waals surface area contributed by atoms with E-state index in [0.717, 1.165) is 6.42 Å². The van der Waals surface area contributed by atoms with Crippen molar-refractivity contribution >= 4 is 5.97 Å². The molecular weight excluding hydrogens is 132 g/mol. The fourth-order valence-electron chi connectivity index (χ4n) is 1.57. The van der Waals surface area contributed by atoms with Crippen LogP contribution in [0.2, 0.25) is 0 Å². The van der Waals surface area contributed by atoms with E-state index in [4.69, 9.17) is 9.84 Å². The first-order valence-electron chi connectivity index (χ1n) is 3.34. The molecular formula is C7H8O3. The SMILES string of the molecule is O=C(O)C1=CC2CC1CO2. The summed E-state index contributed by atoms with van der Waals surface area (Å²) in [6.07, 6.45) is 2.69. The Morgan fingerprint density at radius 2 is 2.60 bits per heavy atom. The van der Waals surface area contributed by atoms with Gasteiger partial charge in [0.25, 0.3) is 0 Å². The molecule has 54 valence electrons. The number of hydrogen-bond acceptors (Lipinski definition) is 2. The van der Waals surface area contributed by atoms with E-state index in [-0.39, 0.29) is 12.0 Å². The van der Waals surface area contributed by atoms with E-state index >= 15 is 0 Å². The average Bonchev–Trinajstić information content (AvgIpc) is 2.44. The van der Waals surface area contributed by atoms with Crippen molar-refractivity contribution < 1.29 is 14.6 Å². The second kappa shape index (κ2) is 1.83. The highest BCUT2D eigenvalue weighted by atomic mass is 16.5. The molecule has 3 heteroatoms. The van der Waals surface area contributed by atoms with Crippen LogP contribution in [0.15, 0.2) is 11.6 Å². The molecule has 0 saturated carbocycles. The Morgan fingerprint density at radius 1 is 1.80 bits per heavy atom. The lowest BCUT2D eigenvalue weighted by Crippen LogP contribution is -2.13. The van der Waals surface area contributed by atoms with Crippen LogP contribution >= 0.6 is 0 Å². The Morgan fingerprint density at radius 3 is 2.90 bits per heavy atom. The summed E-state index contributed by atoms with van der Waals surface area (Å²) < 4.78 is 5.19. The summed E-state index contributed by atoms with van der Waals surface area (Å²) in [7, 11) is 0. The zero-order chi connectivity index (χ0) is 7.14. The van der Waals surface area contributed by atoms with Crippen molar-refractivity contribution in [1.82, 2.24) is 0 Å². The number of rotatable bonds is 1. The number of hydrogen-bond donors (Lipinski definition) is 1. The number of carboxylic acids is 1. The van der Waals surface area contributed by atoms with Crippen molar-refractivity contribution in [3.63, 3.8) is 0 Å². The van der Waals surface area contributed by atoms with Crippen LogP contribution in [0.4, 0.5) is 0 Å². The van der Waals surface area contributed by atoms with Crippen LogP contribution in [0.25, 0.3) is 0 Å². The van der Waals surface area contributed by atoms with Crippen LogP contribution in [-0.2, 0) is 9.53 Å². The van der Waals surface area contributed by atoms with Crippen molar-refractivity contribution in [3.05, 3.63) is 11.6 Å². The number of aliphatic carboxylic acids is 1. The molecule has 1 N–H and O–H groups in total. The fourth-order valence-corrected chi connectivity index (χ4v) is 1.57. The third kappa shape index (κ3) is 0.671. The summed E-state index contributed by atoms with van der Waals surface area (Å²) in [5.41, 5.74) is 0.552. The van der Waals surface area contributed by atoms with Crippen molar-refractivity contribution in [2.24, 2.45) is 5.92 Å². The highest BCUT2D eigenvalue weighted by Crippen LogP contribution is 2.34. The van der Waals surface area contributed by atoms with Gasteiger partial charge in [-0.25, -0.2) is 4.79 Å². The molecule has 0 amide bonds. The largest absolute Gasteiger partial charge is 0.478 e. The summed E-state index contributed by atoms with van der Waals surface area (Å²) in [6.45, 7) is 0.600. The standard InChI is InChI=1S/C7H8O3/c8-7(9)6-2-5-1-4(6)3-10-5/h2,4-5H,1,3H2,(H,8,9). The van der Waals surface area contributed by atoms with Gasteiger partial charge in [-0.1, -0.05) is 0 Å². The Labute approximate surface area is 58.3 Å². The molecule has 2 unspecified atom stereocenters. The van der Waals surface area contributed by atoms with Gasteiger partial charge >= 0.3 is 5.97 Å². The topological polar surface area (TPSA) is 46.5 Å². The minimum Gasteiger partial charge on any atom is -0.478 e. The Bertz CT molecular complexity index is 207. The predicted molar refractivity (Wildman–Crippen MR) is 33.6 cm³/mol. The zero-order valence-electron chi connectivity index (χ0n) is 5.41. The van der Waals surface area contributed by atoms with Gasteiger partial charge in [-0.05, 0) is 12.5 Å². The van der Waals surface area contributed by atoms with E-state index in [2.05, 4.69) is 0 Å². The van der Waals surface area contributed by atoms with Crippen LogP contribution in [0, 0.1) is 5.92 Å². The molecule has 1 fully saturated rings. The third-order valence-electron chi connectivity index (χ3n) is 2.08. The van der Waals surface area contributed by atoms with Crippen LogP contribution < -0.4 is 0 Å². The highest BCUT2D eigenvalue weighted by Gasteiger charge is 2.36. The van der Waals surface area contributed by atoms with E-state index in [1.807, 2.05) is 0 Å². The first kappa shape index (κ1) is 5.92. The van der Waals surface area contributed by atoms with E-state index in [1.54, 1.807) is 6.08 Å². The van der Waals surface area contributed by atoms with Crippen molar-refractivity contribution in [2.75, 3.05) is 6.61 Å². The zero-order valence-corrected chi connectivity index (χ0v) is 5.41. The summed E-state index contributed by atoms with van der Waals surface area (Å²) in [6, 6.07) is 0. The maximum Gasteiger partial charge on any atom is 0.331 e. The second-order valence-corrected chi connectivity index (χ2v) is 2.73. The quantitative estimate of drug-likeness (QED) is 0.574. The first-order chi connectivity index (χ1) is 4.77. The van der Waals surface area contributed by atoms with Gasteiger partial charge in [0.05, 0.1) is 12.7 Å². The number of carboxylic acid groups (broad SMARTS) is 1. The molecule has 2 rings (SSSR count). The molecule has 2 bridgehead atoms. The van der Waals surface area contributed by atoms with E-state index in [9.17, 15) is 4.79 Å². The number of carbonyl (C=O) groups is 1. The molecule has 0 aromatic rings. The molecule has 0 radical (unpaired) electrons. The van der Waals surface area contributed by atoms with Gasteiger partial charge in [0.1, 0.15) is 0 Å². The Hall–Kier alpha value is -0.830. The average molecular weight is 140 g/mol. The normalized spacial score (nSPS) is 36.2. The number of ether oxygens (including phenoxy) is 1. The van der Waals surface area contributed by atoms with Crippen LogP contribution in [-0.4, -0.2) is 23.8 Å². The van der Waals surface area contributed by atoms with Crippen LogP contribution in [0.1, 0.15) is 6.42 Å². The minimum absolute atomic E-state index is 0.0936. The van der Waals surface area contributed by atoms with Gasteiger partial charge < -0.3 is 9.84 Å². The summed E-state index contributed by atoms with van der Waals surface area (Å²) >= 11 is 0. The van der Waals surface area contributed by atoms with Gasteiger partial charge in [-0.15, -0.1) is 0 Å². The molecule has 2 aliphatic rings. The molecule has 3 nitrogen and oxygen atoms in total. The minimum atomic E-state index is -0.782. The molecule has 1 aliphatic carbocycles. The lowest BCUT2D eigenvalue weighted by molar-refractivity contribution is -0.133. The molecule has 0 aromatic heterocycles. The Kier molecular flexibility index (Phi) is 1.08. The second-order valence-electron chi connectivity index (χ2n) is 2.73. The maximum absolute atomic E-state index is 10.5. The molecule has 1 saturated heterocycles. The summed E-state index contributed by atoms with van der Waals surface area (Å²) in [5, 5.41) is 8.61. The molecule has 2 atom stereocenters.